The van der Waals surface area contributed by atoms with Gasteiger partial charge in [0.05, 0.1) is 0 Å². The van der Waals surface area contributed by atoms with E-state index in [-0.39, 0.29) is 12.5 Å². The van der Waals surface area contributed by atoms with E-state index < -0.39 is 6.03 Å². The Morgan fingerprint density at radius 1 is 1.53 bits per heavy atom. The number of rotatable bonds is 2. The summed E-state index contributed by atoms with van der Waals surface area (Å²) < 4.78 is 4.87. The summed E-state index contributed by atoms with van der Waals surface area (Å²) in [5, 5.41) is 5.83. The highest BCUT2D eigenvalue weighted by Gasteiger charge is 2.24. The zero-order chi connectivity index (χ0) is 10.8. The van der Waals surface area contributed by atoms with Crippen LogP contribution in [0.3, 0.4) is 0 Å². The fourth-order valence-electron chi connectivity index (χ4n) is 1.32. The van der Waals surface area contributed by atoms with Crippen molar-refractivity contribution in [3.63, 3.8) is 0 Å². The minimum absolute atomic E-state index is 0.236. The maximum absolute atomic E-state index is 11.3. The Hall–Kier alpha value is -1.92. The minimum atomic E-state index is -0.415. The zero-order valence-corrected chi connectivity index (χ0v) is 8.19. The summed E-state index contributed by atoms with van der Waals surface area (Å²) in [6.45, 7) is 2.32. The number of carbonyl (C=O) groups excluding carboxylic acids is 2. The second kappa shape index (κ2) is 3.68. The molecule has 1 N–H and O–H groups in total. The molecule has 0 saturated carbocycles. The Morgan fingerprint density at radius 2 is 2.33 bits per heavy atom. The van der Waals surface area contributed by atoms with E-state index in [2.05, 4.69) is 15.5 Å². The van der Waals surface area contributed by atoms with E-state index in [1.165, 1.54) is 4.90 Å². The standard InChI is InChI=1S/C8H10N4O3/c1-5-9-7(15-11-5)4-12-3-2-6(13)10-8(12)14/h2-4H2,1H3,(H,10,13,14). The van der Waals surface area contributed by atoms with Gasteiger partial charge in [-0.3, -0.25) is 10.1 Å². The summed E-state index contributed by atoms with van der Waals surface area (Å²) >= 11 is 0. The van der Waals surface area contributed by atoms with E-state index in [0.717, 1.165) is 0 Å². The number of aryl methyl sites for hydroxylation is 1. The molecule has 7 heteroatoms. The predicted octanol–water partition coefficient (Wildman–Crippen LogP) is -0.180. The van der Waals surface area contributed by atoms with Gasteiger partial charge in [0, 0.05) is 13.0 Å². The SMILES string of the molecule is Cc1noc(CN2CCC(=O)NC2=O)n1. The summed E-state index contributed by atoms with van der Waals surface area (Å²) in [6, 6.07) is -0.415. The molecule has 80 valence electrons. The molecule has 0 atom stereocenters. The number of hydrogen-bond acceptors (Lipinski definition) is 5. The third-order valence-electron chi connectivity index (χ3n) is 2.04. The van der Waals surface area contributed by atoms with E-state index in [1.807, 2.05) is 0 Å². The second-order valence-corrected chi connectivity index (χ2v) is 3.26. The van der Waals surface area contributed by atoms with Crippen molar-refractivity contribution in [3.05, 3.63) is 11.7 Å². The van der Waals surface area contributed by atoms with Gasteiger partial charge in [-0.2, -0.15) is 4.98 Å². The summed E-state index contributed by atoms with van der Waals surface area (Å²) in [5.74, 6) is 0.647. The van der Waals surface area contributed by atoms with Crippen molar-refractivity contribution in [1.82, 2.24) is 20.4 Å². The van der Waals surface area contributed by atoms with Crippen molar-refractivity contribution < 1.29 is 14.1 Å². The molecule has 2 rings (SSSR count). The molecule has 0 unspecified atom stereocenters. The highest BCUT2D eigenvalue weighted by molar-refractivity contribution is 5.96. The lowest BCUT2D eigenvalue weighted by molar-refractivity contribution is -0.121. The average molecular weight is 210 g/mol. The van der Waals surface area contributed by atoms with Gasteiger partial charge in [0.25, 0.3) is 0 Å². The number of carbonyl (C=O) groups is 2. The Balaban J connectivity index is 2.00. The second-order valence-electron chi connectivity index (χ2n) is 3.26. The number of aromatic nitrogens is 2. The molecule has 1 aliphatic rings. The first-order chi connectivity index (χ1) is 7.15. The number of nitrogens with zero attached hydrogens (tertiary/aromatic N) is 3. The smallest absolute Gasteiger partial charge is 0.324 e. The molecule has 0 bridgehead atoms. The molecular weight excluding hydrogens is 200 g/mol. The monoisotopic (exact) mass is 210 g/mol. The maximum Gasteiger partial charge on any atom is 0.324 e. The van der Waals surface area contributed by atoms with Gasteiger partial charge in [0.2, 0.25) is 11.8 Å². The first kappa shape index (κ1) is 9.63. The number of imide groups is 1. The van der Waals surface area contributed by atoms with Gasteiger partial charge >= 0.3 is 6.03 Å². The lowest BCUT2D eigenvalue weighted by Gasteiger charge is -2.24. The molecule has 1 saturated heterocycles. The van der Waals surface area contributed by atoms with Crippen molar-refractivity contribution in [2.45, 2.75) is 19.9 Å². The third-order valence-corrected chi connectivity index (χ3v) is 2.04. The molecule has 3 amide bonds. The van der Waals surface area contributed by atoms with Crippen molar-refractivity contribution in [2.24, 2.45) is 0 Å². The van der Waals surface area contributed by atoms with Crippen LogP contribution in [-0.2, 0) is 11.3 Å². The van der Waals surface area contributed by atoms with Gasteiger partial charge < -0.3 is 9.42 Å². The Morgan fingerprint density at radius 3 is 2.93 bits per heavy atom. The molecular formula is C8H10N4O3. The Bertz CT molecular complexity index is 400. The van der Waals surface area contributed by atoms with Gasteiger partial charge in [-0.05, 0) is 6.92 Å². The first-order valence-corrected chi connectivity index (χ1v) is 4.53. The van der Waals surface area contributed by atoms with Crippen molar-refractivity contribution >= 4 is 11.9 Å². The van der Waals surface area contributed by atoms with Gasteiger partial charge in [0.15, 0.2) is 5.82 Å². The van der Waals surface area contributed by atoms with Crippen LogP contribution < -0.4 is 5.32 Å². The molecule has 1 aliphatic heterocycles. The molecule has 0 spiro atoms. The molecule has 15 heavy (non-hydrogen) atoms. The molecule has 0 aromatic carbocycles. The Labute approximate surface area is 85.4 Å². The summed E-state index contributed by atoms with van der Waals surface area (Å²) in [6.07, 6.45) is 0.304. The van der Waals surface area contributed by atoms with Crippen molar-refractivity contribution in [2.75, 3.05) is 6.54 Å². The van der Waals surface area contributed by atoms with Crippen LogP contribution in [0.2, 0.25) is 0 Å². The molecule has 0 aliphatic carbocycles. The van der Waals surface area contributed by atoms with Gasteiger partial charge in [-0.15, -0.1) is 0 Å². The van der Waals surface area contributed by atoms with E-state index >= 15 is 0 Å². The number of urea groups is 1. The van der Waals surface area contributed by atoms with E-state index in [0.29, 0.717) is 24.7 Å². The van der Waals surface area contributed by atoms with Crippen molar-refractivity contribution in [3.8, 4) is 0 Å². The van der Waals surface area contributed by atoms with Crippen molar-refractivity contribution in [1.29, 1.82) is 0 Å². The number of nitrogens with one attached hydrogen (secondary N) is 1. The summed E-state index contributed by atoms with van der Waals surface area (Å²) in [4.78, 5) is 27.6. The van der Waals surface area contributed by atoms with E-state index in [4.69, 9.17) is 4.52 Å². The van der Waals surface area contributed by atoms with Crippen LogP contribution in [0.1, 0.15) is 18.1 Å². The molecule has 0 radical (unpaired) electrons. The number of hydrogen-bond donors (Lipinski definition) is 1. The van der Waals surface area contributed by atoms with E-state index in [9.17, 15) is 9.59 Å². The Kier molecular flexibility index (Phi) is 2.36. The molecule has 7 nitrogen and oxygen atoms in total. The summed E-state index contributed by atoms with van der Waals surface area (Å²) in [5.41, 5.74) is 0. The predicted molar refractivity (Wildman–Crippen MR) is 47.6 cm³/mol. The normalized spacial score (nSPS) is 16.7. The van der Waals surface area contributed by atoms with Crippen LogP contribution in [0.15, 0.2) is 4.52 Å². The molecule has 2 heterocycles. The lowest BCUT2D eigenvalue weighted by atomic mass is 10.3. The maximum atomic E-state index is 11.3. The van der Waals surface area contributed by atoms with Crippen LogP contribution in [0, 0.1) is 6.92 Å². The van der Waals surface area contributed by atoms with Gasteiger partial charge in [-0.1, -0.05) is 5.16 Å². The summed E-state index contributed by atoms with van der Waals surface area (Å²) in [7, 11) is 0. The molecule has 1 fully saturated rings. The van der Waals surface area contributed by atoms with E-state index in [1.54, 1.807) is 6.92 Å². The zero-order valence-electron chi connectivity index (χ0n) is 8.19. The largest absolute Gasteiger partial charge is 0.337 e. The first-order valence-electron chi connectivity index (χ1n) is 4.53. The molecule has 1 aromatic heterocycles. The van der Waals surface area contributed by atoms with Crippen LogP contribution >= 0.6 is 0 Å². The van der Waals surface area contributed by atoms with Gasteiger partial charge in [-0.25, -0.2) is 4.79 Å². The van der Waals surface area contributed by atoms with Crippen LogP contribution in [0.25, 0.3) is 0 Å². The fourth-order valence-corrected chi connectivity index (χ4v) is 1.32. The van der Waals surface area contributed by atoms with Crippen LogP contribution in [0.5, 0.6) is 0 Å². The lowest BCUT2D eigenvalue weighted by Crippen LogP contribution is -2.48. The quantitative estimate of drug-likeness (QED) is 0.731. The number of amides is 3. The highest BCUT2D eigenvalue weighted by atomic mass is 16.5. The topological polar surface area (TPSA) is 88.3 Å². The average Bonchev–Trinajstić information content (AvgIpc) is 2.56. The third kappa shape index (κ3) is 2.12. The van der Waals surface area contributed by atoms with Crippen LogP contribution in [-0.4, -0.2) is 33.5 Å². The van der Waals surface area contributed by atoms with Gasteiger partial charge in [0.1, 0.15) is 6.54 Å². The molecule has 1 aromatic rings. The highest BCUT2D eigenvalue weighted by Crippen LogP contribution is 2.06. The van der Waals surface area contributed by atoms with Crippen LogP contribution in [0.4, 0.5) is 4.79 Å². The minimum Gasteiger partial charge on any atom is -0.337 e. The fraction of sp³-hybridized carbons (Fsp3) is 0.500.